The van der Waals surface area contributed by atoms with Gasteiger partial charge in [-0.2, -0.15) is 0 Å². The van der Waals surface area contributed by atoms with E-state index in [-0.39, 0.29) is 41.3 Å². The minimum Gasteiger partial charge on any atom is -0.504 e. The van der Waals surface area contributed by atoms with Crippen LogP contribution in [0.2, 0.25) is 0 Å². The largest absolute Gasteiger partial charge is 0.504 e. The van der Waals surface area contributed by atoms with Crippen molar-refractivity contribution in [3.63, 3.8) is 0 Å². The molecule has 6 N–H and O–H groups in total. The molecule has 1 aliphatic heterocycles. The van der Waals surface area contributed by atoms with E-state index in [1.807, 2.05) is 0 Å². The van der Waals surface area contributed by atoms with E-state index in [0.29, 0.717) is 30.9 Å². The van der Waals surface area contributed by atoms with Crippen LogP contribution in [-0.4, -0.2) is 74.9 Å². The van der Waals surface area contributed by atoms with Crippen LogP contribution < -0.4 is 11.1 Å². The molecule has 2 saturated carbocycles. The fourth-order valence-electron chi connectivity index (χ4n) is 6.88. The molecule has 4 rings (SSSR count). The Morgan fingerprint density at radius 1 is 1.18 bits per heavy atom. The quantitative estimate of drug-likeness (QED) is 0.232. The molecule has 7 unspecified atom stereocenters. The van der Waals surface area contributed by atoms with Gasteiger partial charge in [0.2, 0.25) is 11.8 Å². The summed E-state index contributed by atoms with van der Waals surface area (Å²) in [6.07, 6.45) is 2.47. The van der Waals surface area contributed by atoms with Crippen LogP contribution in [-0.2, 0) is 25.5 Å². The first-order valence-corrected chi connectivity index (χ1v) is 14.0. The Labute approximate surface area is 229 Å². The Hall–Kier alpha value is -2.85. The van der Waals surface area contributed by atoms with Gasteiger partial charge in [-0.25, -0.2) is 4.79 Å². The number of fused-ring (bicyclic) bond motifs is 2. The summed E-state index contributed by atoms with van der Waals surface area (Å²) in [5.41, 5.74) is 6.43. The number of phenols is 2. The number of likely N-dealkylation sites (tertiary alicyclic amines) is 1. The second-order valence-electron chi connectivity index (χ2n) is 12.5. The number of aromatic hydroxyl groups is 2. The molecule has 39 heavy (non-hydrogen) atoms. The summed E-state index contributed by atoms with van der Waals surface area (Å²) >= 11 is 0. The van der Waals surface area contributed by atoms with Crippen LogP contribution in [0.5, 0.6) is 11.5 Å². The molecule has 10 heteroatoms. The Morgan fingerprint density at radius 2 is 1.90 bits per heavy atom. The highest BCUT2D eigenvalue weighted by Crippen LogP contribution is 2.66. The van der Waals surface area contributed by atoms with Crippen molar-refractivity contribution in [2.45, 2.75) is 103 Å². The summed E-state index contributed by atoms with van der Waals surface area (Å²) < 4.78 is 6.09. The maximum atomic E-state index is 13.6. The molecule has 7 atom stereocenters. The third-order valence-electron chi connectivity index (χ3n) is 9.77. The smallest absolute Gasteiger partial charge is 0.329 e. The number of rotatable bonds is 9. The number of nitrogens with one attached hydrogen (secondary N) is 1. The van der Waals surface area contributed by atoms with Gasteiger partial charge in [-0.05, 0) is 74.5 Å². The Morgan fingerprint density at radius 3 is 2.49 bits per heavy atom. The first-order valence-electron chi connectivity index (χ1n) is 14.0. The number of amides is 2. The summed E-state index contributed by atoms with van der Waals surface area (Å²) in [6, 6.07) is 1.84. The normalized spacial score (nSPS) is 29.6. The number of nitrogens with two attached hydrogens (primary N) is 1. The molecule has 2 amide bonds. The Kier molecular flexibility index (Phi) is 8.19. The number of aliphatic hydroxyl groups excluding tert-OH is 1. The zero-order valence-corrected chi connectivity index (χ0v) is 23.4. The minimum atomic E-state index is -1.50. The molecule has 10 nitrogen and oxygen atoms in total. The molecule has 0 aromatic heterocycles. The summed E-state index contributed by atoms with van der Waals surface area (Å²) in [4.78, 5) is 41.3. The third kappa shape index (κ3) is 5.59. The molecule has 1 aromatic carbocycles. The molecule has 216 valence electrons. The second kappa shape index (κ2) is 11.0. The number of benzene rings is 1. The van der Waals surface area contributed by atoms with E-state index in [4.69, 9.17) is 10.5 Å². The number of phenolic OH excluding ortho intramolecular Hbond substituents is 2. The van der Waals surface area contributed by atoms with Crippen molar-refractivity contribution < 1.29 is 34.4 Å². The lowest BCUT2D eigenvalue weighted by atomic mass is 9.70. The summed E-state index contributed by atoms with van der Waals surface area (Å²) in [6.45, 7) is 8.80. The molecule has 2 bridgehead atoms. The van der Waals surface area contributed by atoms with Gasteiger partial charge in [0.05, 0.1) is 0 Å². The van der Waals surface area contributed by atoms with E-state index >= 15 is 0 Å². The van der Waals surface area contributed by atoms with Gasteiger partial charge in [-0.3, -0.25) is 9.59 Å². The van der Waals surface area contributed by atoms with Crippen LogP contribution in [0, 0.1) is 16.7 Å². The molecular weight excluding hydrogens is 502 g/mol. The first kappa shape index (κ1) is 29.1. The average Bonchev–Trinajstić information content (AvgIpc) is 3.49. The number of ether oxygens (including phenoxy) is 1. The third-order valence-corrected chi connectivity index (χ3v) is 9.77. The van der Waals surface area contributed by atoms with Crippen LogP contribution in [0.15, 0.2) is 18.2 Å². The highest BCUT2D eigenvalue weighted by molar-refractivity contribution is 5.92. The molecule has 3 fully saturated rings. The zero-order chi connectivity index (χ0) is 28.7. The molecule has 1 heterocycles. The van der Waals surface area contributed by atoms with Gasteiger partial charge in [0.25, 0.3) is 0 Å². The van der Waals surface area contributed by atoms with Crippen molar-refractivity contribution in [3.8, 4) is 11.5 Å². The lowest BCUT2D eigenvalue weighted by Crippen LogP contribution is -2.55. The van der Waals surface area contributed by atoms with E-state index < -0.39 is 42.0 Å². The van der Waals surface area contributed by atoms with Gasteiger partial charge in [-0.15, -0.1) is 0 Å². The van der Waals surface area contributed by atoms with Crippen molar-refractivity contribution in [3.05, 3.63) is 23.8 Å². The van der Waals surface area contributed by atoms with Crippen molar-refractivity contribution >= 4 is 17.8 Å². The molecule has 1 aromatic rings. The van der Waals surface area contributed by atoms with E-state index in [9.17, 15) is 29.7 Å². The van der Waals surface area contributed by atoms with Gasteiger partial charge >= 0.3 is 5.97 Å². The molecule has 3 aliphatic rings. The van der Waals surface area contributed by atoms with Crippen molar-refractivity contribution in [2.75, 3.05) is 6.54 Å². The monoisotopic (exact) mass is 545 g/mol. The van der Waals surface area contributed by atoms with Crippen LogP contribution in [0.25, 0.3) is 0 Å². The number of carbonyl (C=O) groups is 3. The van der Waals surface area contributed by atoms with Gasteiger partial charge in [-0.1, -0.05) is 26.8 Å². The lowest BCUT2D eigenvalue weighted by Gasteiger charge is -2.39. The van der Waals surface area contributed by atoms with E-state index in [2.05, 4.69) is 26.1 Å². The predicted molar refractivity (Wildman–Crippen MR) is 144 cm³/mol. The van der Waals surface area contributed by atoms with Gasteiger partial charge in [0.15, 0.2) is 11.5 Å². The fourth-order valence-corrected chi connectivity index (χ4v) is 6.88. The number of aliphatic hydroxyl groups is 1. The zero-order valence-electron chi connectivity index (χ0n) is 23.4. The van der Waals surface area contributed by atoms with E-state index in [0.717, 1.165) is 19.3 Å². The van der Waals surface area contributed by atoms with Crippen molar-refractivity contribution in [1.29, 1.82) is 0 Å². The van der Waals surface area contributed by atoms with Crippen LogP contribution in [0.1, 0.15) is 71.8 Å². The number of nitrogens with zero attached hydrogens (tertiary/aromatic N) is 1. The second-order valence-corrected chi connectivity index (χ2v) is 12.5. The van der Waals surface area contributed by atoms with Crippen LogP contribution >= 0.6 is 0 Å². The lowest BCUT2D eigenvalue weighted by molar-refractivity contribution is -0.165. The summed E-state index contributed by atoms with van der Waals surface area (Å²) in [7, 11) is 0. The number of esters is 1. The van der Waals surface area contributed by atoms with E-state index in [1.54, 1.807) is 6.92 Å². The summed E-state index contributed by atoms with van der Waals surface area (Å²) in [5.74, 6) is -1.74. The van der Waals surface area contributed by atoms with Crippen molar-refractivity contribution in [1.82, 2.24) is 10.2 Å². The highest BCUT2D eigenvalue weighted by Gasteiger charge is 2.63. The molecule has 2 aliphatic carbocycles. The van der Waals surface area contributed by atoms with Crippen LogP contribution in [0.3, 0.4) is 0 Å². The fraction of sp³-hybridized carbons (Fsp3) is 0.690. The SMILES string of the molecule is CC(N)CC(NC(=O)C(O)Cc1ccc(O)c(O)c1)C(=O)N1CCCC1C(=O)OC1CC2CCC1(C)C2(C)C. The first-order chi connectivity index (χ1) is 18.2. The Bertz CT molecular complexity index is 1110. The van der Waals surface area contributed by atoms with Gasteiger partial charge in [0.1, 0.15) is 24.3 Å². The number of carbonyl (C=O) groups excluding carboxylic acids is 3. The average molecular weight is 546 g/mol. The minimum absolute atomic E-state index is 0.0866. The van der Waals surface area contributed by atoms with Crippen LogP contribution in [0.4, 0.5) is 0 Å². The highest BCUT2D eigenvalue weighted by atomic mass is 16.5. The Balaban J connectivity index is 1.41. The summed E-state index contributed by atoms with van der Waals surface area (Å²) in [5, 5.41) is 32.3. The maximum Gasteiger partial charge on any atom is 0.329 e. The standard InChI is InChI=1S/C29H43N3O7/c1-16(30)12-19(31-25(36)23(35)14-17-7-8-21(33)22(34)13-17)26(37)32-11-5-6-20(32)27(38)39-24-15-18-9-10-29(24,4)28(18,2)3/h7-8,13,16,18-20,23-24,33-35H,5-6,9-12,14-15,30H2,1-4H3,(H,31,36). The molecule has 0 radical (unpaired) electrons. The maximum absolute atomic E-state index is 13.6. The van der Waals surface area contributed by atoms with Crippen molar-refractivity contribution in [2.24, 2.45) is 22.5 Å². The van der Waals surface area contributed by atoms with E-state index in [1.165, 1.54) is 23.1 Å². The number of hydrogen-bond donors (Lipinski definition) is 5. The number of hydrogen-bond acceptors (Lipinski definition) is 8. The molecule has 1 saturated heterocycles. The van der Waals surface area contributed by atoms with Gasteiger partial charge in [0, 0.05) is 24.4 Å². The molecular formula is C29H43N3O7. The predicted octanol–water partition coefficient (Wildman–Crippen LogP) is 1.97. The topological polar surface area (TPSA) is 162 Å². The van der Waals surface area contributed by atoms with Gasteiger partial charge < -0.3 is 36.0 Å². The molecule has 0 spiro atoms.